The summed E-state index contributed by atoms with van der Waals surface area (Å²) in [6, 6.07) is 3.27. The van der Waals surface area contributed by atoms with E-state index in [0.29, 0.717) is 18.6 Å². The lowest BCUT2D eigenvalue weighted by atomic mass is 9.97. The molecule has 5 heteroatoms. The van der Waals surface area contributed by atoms with E-state index in [1.54, 1.807) is 45.3 Å². The molecule has 0 aliphatic heterocycles. The van der Waals surface area contributed by atoms with Crippen LogP contribution in [0.1, 0.15) is 45.8 Å². The second kappa shape index (κ2) is 7.03. The average Bonchev–Trinajstić information content (AvgIpc) is 2.41. The molecular weight excluding hydrogens is 258 g/mol. The molecule has 0 aliphatic rings. The van der Waals surface area contributed by atoms with Crippen LogP contribution >= 0.6 is 0 Å². The summed E-state index contributed by atoms with van der Waals surface area (Å²) in [7, 11) is 0. The fourth-order valence-electron chi connectivity index (χ4n) is 1.35. The number of hydrogen-bond donors (Lipinski definition) is 0. The largest absolute Gasteiger partial charge is 0.463 e. The molecule has 5 nitrogen and oxygen atoms in total. The van der Waals surface area contributed by atoms with Crippen molar-refractivity contribution >= 4 is 11.9 Å². The van der Waals surface area contributed by atoms with E-state index < -0.39 is 23.5 Å². The van der Waals surface area contributed by atoms with Gasteiger partial charge in [-0.15, -0.1) is 0 Å². The van der Waals surface area contributed by atoms with E-state index in [-0.39, 0.29) is 0 Å². The number of hydrogen-bond acceptors (Lipinski definition) is 5. The first-order chi connectivity index (χ1) is 9.36. The van der Waals surface area contributed by atoms with Crippen LogP contribution in [0.5, 0.6) is 0 Å². The van der Waals surface area contributed by atoms with Gasteiger partial charge in [0.2, 0.25) is 6.10 Å². The minimum atomic E-state index is -1.05. The van der Waals surface area contributed by atoms with Crippen LogP contribution in [0.4, 0.5) is 0 Å². The predicted molar refractivity (Wildman–Crippen MR) is 73.8 cm³/mol. The molecular formula is C15H21NO4. The Labute approximate surface area is 119 Å². The second-order valence-corrected chi connectivity index (χ2v) is 5.48. The molecule has 0 aromatic carbocycles. The van der Waals surface area contributed by atoms with Crippen molar-refractivity contribution in [3.8, 4) is 0 Å². The fourth-order valence-corrected chi connectivity index (χ4v) is 1.35. The standard InChI is InChI=1S/C15H21NO4/c1-5-10-19-13(17)12(11-6-8-16-9-7-11)20-14(18)15(2,3)4/h6-9,12H,5,10H2,1-4H3. The Morgan fingerprint density at radius 3 is 2.35 bits per heavy atom. The SMILES string of the molecule is CCCOC(=O)C(OC(=O)C(C)(C)C)c1ccncc1. The average molecular weight is 279 g/mol. The summed E-state index contributed by atoms with van der Waals surface area (Å²) in [5, 5.41) is 0. The first-order valence-corrected chi connectivity index (χ1v) is 6.64. The highest BCUT2D eigenvalue weighted by molar-refractivity contribution is 5.82. The zero-order valence-electron chi connectivity index (χ0n) is 12.4. The van der Waals surface area contributed by atoms with Crippen molar-refractivity contribution in [3.63, 3.8) is 0 Å². The predicted octanol–water partition coefficient (Wildman–Crippen LogP) is 2.67. The molecule has 0 saturated heterocycles. The Kier molecular flexibility index (Phi) is 5.67. The van der Waals surface area contributed by atoms with Crippen LogP contribution in [0.3, 0.4) is 0 Å². The van der Waals surface area contributed by atoms with Crippen molar-refractivity contribution in [1.29, 1.82) is 0 Å². The smallest absolute Gasteiger partial charge is 0.352 e. The minimum Gasteiger partial charge on any atom is -0.463 e. The number of pyridine rings is 1. The lowest BCUT2D eigenvalue weighted by Gasteiger charge is -2.22. The number of nitrogens with zero attached hydrogens (tertiary/aromatic N) is 1. The Hall–Kier alpha value is -1.91. The summed E-state index contributed by atoms with van der Waals surface area (Å²) in [4.78, 5) is 27.9. The Balaban J connectivity index is 2.91. The van der Waals surface area contributed by atoms with Crippen LogP contribution in [0.15, 0.2) is 24.5 Å². The van der Waals surface area contributed by atoms with Crippen molar-refractivity contribution < 1.29 is 19.1 Å². The highest BCUT2D eigenvalue weighted by Gasteiger charge is 2.31. The molecule has 110 valence electrons. The third-order valence-electron chi connectivity index (χ3n) is 2.51. The Morgan fingerprint density at radius 2 is 1.85 bits per heavy atom. The number of esters is 2. The van der Waals surface area contributed by atoms with E-state index in [1.165, 1.54) is 0 Å². The van der Waals surface area contributed by atoms with E-state index in [0.717, 1.165) is 0 Å². The van der Waals surface area contributed by atoms with Gasteiger partial charge in [-0.2, -0.15) is 0 Å². The number of ether oxygens (including phenoxy) is 2. The number of aromatic nitrogens is 1. The molecule has 1 atom stereocenters. The van der Waals surface area contributed by atoms with Crippen LogP contribution in [0, 0.1) is 5.41 Å². The van der Waals surface area contributed by atoms with E-state index in [4.69, 9.17) is 9.47 Å². The van der Waals surface area contributed by atoms with Gasteiger partial charge in [0.05, 0.1) is 12.0 Å². The van der Waals surface area contributed by atoms with E-state index >= 15 is 0 Å². The molecule has 0 bridgehead atoms. The maximum atomic E-state index is 12.0. The minimum absolute atomic E-state index is 0.299. The van der Waals surface area contributed by atoms with Gasteiger partial charge in [0.1, 0.15) is 0 Å². The molecule has 1 aromatic heterocycles. The molecule has 1 aromatic rings. The molecule has 20 heavy (non-hydrogen) atoms. The van der Waals surface area contributed by atoms with Gasteiger partial charge in [0.25, 0.3) is 0 Å². The summed E-state index contributed by atoms with van der Waals surface area (Å²) >= 11 is 0. The van der Waals surface area contributed by atoms with Gasteiger partial charge in [0, 0.05) is 18.0 Å². The highest BCUT2D eigenvalue weighted by Crippen LogP contribution is 2.24. The highest BCUT2D eigenvalue weighted by atomic mass is 16.6. The zero-order valence-corrected chi connectivity index (χ0v) is 12.4. The van der Waals surface area contributed by atoms with Gasteiger partial charge in [-0.1, -0.05) is 6.92 Å². The first-order valence-electron chi connectivity index (χ1n) is 6.64. The summed E-state index contributed by atoms with van der Waals surface area (Å²) in [6.07, 6.45) is 2.75. The third-order valence-corrected chi connectivity index (χ3v) is 2.51. The molecule has 1 heterocycles. The van der Waals surface area contributed by atoms with Crippen molar-refractivity contribution in [2.45, 2.75) is 40.2 Å². The lowest BCUT2D eigenvalue weighted by molar-refractivity contribution is -0.173. The second-order valence-electron chi connectivity index (χ2n) is 5.48. The lowest BCUT2D eigenvalue weighted by Crippen LogP contribution is -2.29. The summed E-state index contributed by atoms with van der Waals surface area (Å²) < 4.78 is 10.4. The van der Waals surface area contributed by atoms with Crippen molar-refractivity contribution in [1.82, 2.24) is 4.98 Å². The summed E-state index contributed by atoms with van der Waals surface area (Å²) in [6.45, 7) is 7.40. The van der Waals surface area contributed by atoms with E-state index in [2.05, 4.69) is 4.98 Å². The van der Waals surface area contributed by atoms with E-state index in [9.17, 15) is 9.59 Å². The van der Waals surface area contributed by atoms with Crippen molar-refractivity contribution in [2.24, 2.45) is 5.41 Å². The number of carbonyl (C=O) groups is 2. The number of rotatable bonds is 5. The molecule has 0 spiro atoms. The van der Waals surface area contributed by atoms with Gasteiger partial charge in [0.15, 0.2) is 0 Å². The van der Waals surface area contributed by atoms with Crippen molar-refractivity contribution in [3.05, 3.63) is 30.1 Å². The van der Waals surface area contributed by atoms with Gasteiger partial charge in [-0.25, -0.2) is 4.79 Å². The normalized spacial score (nSPS) is 12.6. The van der Waals surface area contributed by atoms with Crippen LogP contribution in [0.2, 0.25) is 0 Å². The Morgan fingerprint density at radius 1 is 1.25 bits per heavy atom. The van der Waals surface area contributed by atoms with Crippen LogP contribution in [-0.4, -0.2) is 23.5 Å². The van der Waals surface area contributed by atoms with E-state index in [1.807, 2.05) is 6.92 Å². The maximum absolute atomic E-state index is 12.0. The molecule has 1 unspecified atom stereocenters. The van der Waals surface area contributed by atoms with Gasteiger partial charge in [-0.05, 0) is 39.3 Å². The fraction of sp³-hybridized carbons (Fsp3) is 0.533. The molecule has 0 amide bonds. The van der Waals surface area contributed by atoms with Crippen LogP contribution < -0.4 is 0 Å². The summed E-state index contributed by atoms with van der Waals surface area (Å²) in [5.74, 6) is -1.01. The maximum Gasteiger partial charge on any atom is 0.352 e. The molecule has 1 rings (SSSR count). The molecule has 0 aliphatic carbocycles. The quantitative estimate of drug-likeness (QED) is 0.775. The van der Waals surface area contributed by atoms with Gasteiger partial charge < -0.3 is 9.47 Å². The van der Waals surface area contributed by atoms with Gasteiger partial charge >= 0.3 is 11.9 Å². The number of carbonyl (C=O) groups excluding carboxylic acids is 2. The van der Waals surface area contributed by atoms with Crippen LogP contribution in [0.25, 0.3) is 0 Å². The van der Waals surface area contributed by atoms with Crippen molar-refractivity contribution in [2.75, 3.05) is 6.61 Å². The topological polar surface area (TPSA) is 65.5 Å². The van der Waals surface area contributed by atoms with Crippen LogP contribution in [-0.2, 0) is 19.1 Å². The van der Waals surface area contributed by atoms with Gasteiger partial charge in [-0.3, -0.25) is 9.78 Å². The molecule has 0 N–H and O–H groups in total. The summed E-state index contributed by atoms with van der Waals surface area (Å²) in [5.41, 5.74) is -0.130. The zero-order chi connectivity index (χ0) is 15.2. The molecule has 0 radical (unpaired) electrons. The molecule has 0 fully saturated rings. The molecule has 0 saturated carbocycles. The monoisotopic (exact) mass is 279 g/mol. The third kappa shape index (κ3) is 4.64. The Bertz CT molecular complexity index is 451. The first kappa shape index (κ1) is 16.1.